The second kappa shape index (κ2) is 8.30. The number of halogens is 1. The summed E-state index contributed by atoms with van der Waals surface area (Å²) in [5, 5.41) is 9.48. The fourth-order valence-electron chi connectivity index (χ4n) is 1.98. The molecule has 23 heavy (non-hydrogen) atoms. The summed E-state index contributed by atoms with van der Waals surface area (Å²) in [5.41, 5.74) is 7.44. The number of hydrogen-bond acceptors (Lipinski definition) is 4. The number of nitrogens with one attached hydrogen (secondary N) is 2. The SMILES string of the molecule is Cc1c(C(=O)Nc2ccccc2C(=O)NCCN)cnn1C.Cl. The van der Waals surface area contributed by atoms with Crippen LogP contribution in [0.2, 0.25) is 0 Å². The average Bonchev–Trinajstić information content (AvgIpc) is 2.85. The van der Waals surface area contributed by atoms with E-state index in [2.05, 4.69) is 15.7 Å². The van der Waals surface area contributed by atoms with Gasteiger partial charge in [-0.15, -0.1) is 12.4 Å². The first-order chi connectivity index (χ1) is 10.5. The molecule has 2 amide bonds. The van der Waals surface area contributed by atoms with Crippen molar-refractivity contribution in [1.82, 2.24) is 15.1 Å². The summed E-state index contributed by atoms with van der Waals surface area (Å²) >= 11 is 0. The third kappa shape index (κ3) is 4.30. The smallest absolute Gasteiger partial charge is 0.259 e. The van der Waals surface area contributed by atoms with E-state index in [1.807, 2.05) is 6.92 Å². The molecule has 0 unspecified atom stereocenters. The van der Waals surface area contributed by atoms with Gasteiger partial charge < -0.3 is 16.4 Å². The van der Waals surface area contributed by atoms with Gasteiger partial charge in [-0.05, 0) is 19.1 Å². The minimum atomic E-state index is -0.301. The first-order valence-electron chi connectivity index (χ1n) is 6.92. The summed E-state index contributed by atoms with van der Waals surface area (Å²) in [6.45, 7) is 2.54. The first-order valence-corrected chi connectivity index (χ1v) is 6.92. The zero-order chi connectivity index (χ0) is 16.1. The van der Waals surface area contributed by atoms with Gasteiger partial charge in [-0.25, -0.2) is 0 Å². The van der Waals surface area contributed by atoms with Crippen LogP contribution in [0, 0.1) is 6.92 Å². The Morgan fingerprint density at radius 1 is 1.22 bits per heavy atom. The predicted octanol–water partition coefficient (Wildman–Crippen LogP) is 1.09. The number of nitrogens with two attached hydrogens (primary N) is 1. The van der Waals surface area contributed by atoms with E-state index in [-0.39, 0.29) is 24.2 Å². The number of benzene rings is 1. The molecule has 124 valence electrons. The van der Waals surface area contributed by atoms with Crippen LogP contribution >= 0.6 is 12.4 Å². The lowest BCUT2D eigenvalue weighted by Crippen LogP contribution is -2.30. The molecule has 1 heterocycles. The van der Waals surface area contributed by atoms with Crippen molar-refractivity contribution in [2.45, 2.75) is 6.92 Å². The molecule has 2 rings (SSSR count). The molecular weight excluding hydrogens is 318 g/mol. The van der Waals surface area contributed by atoms with Crippen LogP contribution in [-0.4, -0.2) is 34.7 Å². The van der Waals surface area contributed by atoms with Crippen LogP contribution in [-0.2, 0) is 7.05 Å². The molecule has 0 radical (unpaired) electrons. The second-order valence-corrected chi connectivity index (χ2v) is 4.81. The van der Waals surface area contributed by atoms with Gasteiger partial charge in [0.1, 0.15) is 0 Å². The molecular formula is C15H20ClN5O2. The van der Waals surface area contributed by atoms with Crippen LogP contribution in [0.15, 0.2) is 30.5 Å². The number of anilines is 1. The lowest BCUT2D eigenvalue weighted by Gasteiger charge is -2.11. The van der Waals surface area contributed by atoms with E-state index in [1.54, 1.807) is 36.0 Å². The molecule has 0 aliphatic heterocycles. The molecule has 0 aliphatic carbocycles. The number of carbonyl (C=O) groups excluding carboxylic acids is 2. The minimum absolute atomic E-state index is 0. The Hall–Kier alpha value is -2.38. The number of aryl methyl sites for hydroxylation is 1. The Bertz CT molecular complexity index is 699. The number of hydrogen-bond donors (Lipinski definition) is 3. The number of carbonyl (C=O) groups is 2. The molecule has 4 N–H and O–H groups in total. The van der Waals surface area contributed by atoms with Crippen molar-refractivity contribution in [2.24, 2.45) is 12.8 Å². The quantitative estimate of drug-likeness (QED) is 0.760. The number of aromatic nitrogens is 2. The lowest BCUT2D eigenvalue weighted by atomic mass is 10.1. The Morgan fingerprint density at radius 2 is 1.91 bits per heavy atom. The van der Waals surface area contributed by atoms with Gasteiger partial charge in [-0.3, -0.25) is 14.3 Å². The highest BCUT2D eigenvalue weighted by Gasteiger charge is 2.16. The molecule has 0 saturated carbocycles. The van der Waals surface area contributed by atoms with Gasteiger partial charge in [-0.2, -0.15) is 5.10 Å². The van der Waals surface area contributed by atoms with Crippen LogP contribution in [0.5, 0.6) is 0 Å². The Labute approximate surface area is 140 Å². The molecule has 8 heteroatoms. The highest BCUT2D eigenvalue weighted by molar-refractivity contribution is 6.09. The van der Waals surface area contributed by atoms with Gasteiger partial charge in [-0.1, -0.05) is 12.1 Å². The fourth-order valence-corrected chi connectivity index (χ4v) is 1.98. The molecule has 1 aromatic heterocycles. The Morgan fingerprint density at radius 3 is 2.52 bits per heavy atom. The van der Waals surface area contributed by atoms with Gasteiger partial charge in [0.15, 0.2) is 0 Å². The number of nitrogens with zero attached hydrogens (tertiary/aromatic N) is 2. The van der Waals surface area contributed by atoms with Crippen molar-refractivity contribution in [2.75, 3.05) is 18.4 Å². The minimum Gasteiger partial charge on any atom is -0.351 e. The summed E-state index contributed by atoms with van der Waals surface area (Å²) in [6, 6.07) is 6.83. The van der Waals surface area contributed by atoms with Crippen LogP contribution < -0.4 is 16.4 Å². The fraction of sp³-hybridized carbons (Fsp3) is 0.267. The van der Waals surface area contributed by atoms with E-state index in [4.69, 9.17) is 5.73 Å². The van der Waals surface area contributed by atoms with Crippen molar-refractivity contribution in [1.29, 1.82) is 0 Å². The van der Waals surface area contributed by atoms with Gasteiger partial charge >= 0.3 is 0 Å². The molecule has 0 fully saturated rings. The largest absolute Gasteiger partial charge is 0.351 e. The topological polar surface area (TPSA) is 102 Å². The monoisotopic (exact) mass is 337 g/mol. The van der Waals surface area contributed by atoms with Crippen LogP contribution in [0.4, 0.5) is 5.69 Å². The van der Waals surface area contributed by atoms with Crippen molar-refractivity contribution < 1.29 is 9.59 Å². The third-order valence-electron chi connectivity index (χ3n) is 3.33. The summed E-state index contributed by atoms with van der Waals surface area (Å²) < 4.78 is 1.62. The zero-order valence-corrected chi connectivity index (χ0v) is 13.8. The first kappa shape index (κ1) is 18.7. The van der Waals surface area contributed by atoms with Crippen LogP contribution in [0.25, 0.3) is 0 Å². The molecule has 7 nitrogen and oxygen atoms in total. The summed E-state index contributed by atoms with van der Waals surface area (Å²) in [4.78, 5) is 24.4. The second-order valence-electron chi connectivity index (χ2n) is 4.81. The van der Waals surface area contributed by atoms with Crippen LogP contribution in [0.3, 0.4) is 0 Å². The molecule has 0 spiro atoms. The van der Waals surface area contributed by atoms with Crippen molar-refractivity contribution in [3.8, 4) is 0 Å². The zero-order valence-electron chi connectivity index (χ0n) is 13.0. The highest BCUT2D eigenvalue weighted by Crippen LogP contribution is 2.17. The molecule has 0 saturated heterocycles. The third-order valence-corrected chi connectivity index (χ3v) is 3.33. The Balaban J connectivity index is 0.00000264. The van der Waals surface area contributed by atoms with E-state index < -0.39 is 0 Å². The summed E-state index contributed by atoms with van der Waals surface area (Å²) in [5.74, 6) is -0.575. The standard InChI is InChI=1S/C15H19N5O2.ClH/c1-10-12(9-18-20(10)2)15(22)19-13-6-4-3-5-11(13)14(21)17-8-7-16;/h3-6,9H,7-8,16H2,1-2H3,(H,17,21)(H,19,22);1H. The van der Waals surface area contributed by atoms with E-state index in [9.17, 15) is 9.59 Å². The van der Waals surface area contributed by atoms with Gasteiger partial charge in [0.2, 0.25) is 0 Å². The van der Waals surface area contributed by atoms with E-state index >= 15 is 0 Å². The number of para-hydroxylation sites is 1. The van der Waals surface area contributed by atoms with Crippen molar-refractivity contribution in [3.63, 3.8) is 0 Å². The number of rotatable bonds is 5. The van der Waals surface area contributed by atoms with E-state index in [0.29, 0.717) is 29.9 Å². The molecule has 0 atom stereocenters. The molecule has 1 aromatic carbocycles. The average molecular weight is 338 g/mol. The Kier molecular flexibility index (Phi) is 6.74. The molecule has 0 aliphatic rings. The van der Waals surface area contributed by atoms with Crippen LogP contribution in [0.1, 0.15) is 26.4 Å². The summed E-state index contributed by atoms with van der Waals surface area (Å²) in [7, 11) is 1.76. The highest BCUT2D eigenvalue weighted by atomic mass is 35.5. The number of amides is 2. The van der Waals surface area contributed by atoms with Crippen molar-refractivity contribution in [3.05, 3.63) is 47.3 Å². The maximum Gasteiger partial charge on any atom is 0.259 e. The molecule has 2 aromatic rings. The summed E-state index contributed by atoms with van der Waals surface area (Å²) in [6.07, 6.45) is 1.50. The maximum absolute atomic E-state index is 12.3. The van der Waals surface area contributed by atoms with Gasteiger partial charge in [0, 0.05) is 25.8 Å². The lowest BCUT2D eigenvalue weighted by molar-refractivity contribution is 0.0955. The normalized spacial score (nSPS) is 9.87. The van der Waals surface area contributed by atoms with Gasteiger partial charge in [0.25, 0.3) is 11.8 Å². The maximum atomic E-state index is 12.3. The van der Waals surface area contributed by atoms with Crippen molar-refractivity contribution >= 4 is 29.9 Å². The predicted molar refractivity (Wildman–Crippen MR) is 91.0 cm³/mol. The van der Waals surface area contributed by atoms with E-state index in [1.165, 1.54) is 6.20 Å². The van der Waals surface area contributed by atoms with Gasteiger partial charge in [0.05, 0.1) is 23.0 Å². The molecule has 0 bridgehead atoms. The van der Waals surface area contributed by atoms with E-state index in [0.717, 1.165) is 5.69 Å².